The van der Waals surface area contributed by atoms with Crippen molar-refractivity contribution in [2.75, 3.05) is 33.2 Å². The monoisotopic (exact) mass is 238 g/mol. The van der Waals surface area contributed by atoms with Gasteiger partial charge in [0.25, 0.3) is 0 Å². The standard InChI is InChI=1S/C13H22N2S/c1-14-9-13-3-2-6-15(10-13)7-4-12-5-8-16-11-12/h5,8,11,13-14H,2-4,6-7,9-10H2,1H3. The number of rotatable bonds is 5. The maximum absolute atomic E-state index is 3.30. The summed E-state index contributed by atoms with van der Waals surface area (Å²) in [6.45, 7) is 4.99. The van der Waals surface area contributed by atoms with Gasteiger partial charge in [-0.15, -0.1) is 0 Å². The molecular weight excluding hydrogens is 216 g/mol. The fraction of sp³-hybridized carbons (Fsp3) is 0.692. The number of thiophene rings is 1. The van der Waals surface area contributed by atoms with E-state index >= 15 is 0 Å². The van der Waals surface area contributed by atoms with Crippen LogP contribution in [0.25, 0.3) is 0 Å². The molecule has 2 nitrogen and oxygen atoms in total. The van der Waals surface area contributed by atoms with Gasteiger partial charge in [0, 0.05) is 13.1 Å². The Hall–Kier alpha value is -0.380. The quantitative estimate of drug-likeness (QED) is 0.846. The minimum atomic E-state index is 0.862. The first-order chi connectivity index (χ1) is 7.88. The highest BCUT2D eigenvalue weighted by Gasteiger charge is 2.18. The Morgan fingerprint density at radius 2 is 2.50 bits per heavy atom. The lowest BCUT2D eigenvalue weighted by Crippen LogP contribution is -2.39. The normalized spacial score (nSPS) is 22.4. The molecule has 2 rings (SSSR count). The van der Waals surface area contributed by atoms with Gasteiger partial charge >= 0.3 is 0 Å². The Labute approximate surface area is 103 Å². The molecule has 0 amide bonds. The van der Waals surface area contributed by atoms with Crippen LogP contribution in [0.5, 0.6) is 0 Å². The molecule has 1 unspecified atom stereocenters. The summed E-state index contributed by atoms with van der Waals surface area (Å²) in [4.78, 5) is 2.63. The zero-order valence-corrected chi connectivity index (χ0v) is 10.9. The third-order valence-electron chi connectivity index (χ3n) is 3.39. The van der Waals surface area contributed by atoms with Crippen molar-refractivity contribution < 1.29 is 0 Å². The molecule has 1 aromatic heterocycles. The summed E-state index contributed by atoms with van der Waals surface area (Å²) in [6, 6.07) is 2.25. The van der Waals surface area contributed by atoms with Crippen LogP contribution in [0.3, 0.4) is 0 Å². The molecule has 1 atom stereocenters. The smallest absolute Gasteiger partial charge is 0.00222 e. The van der Waals surface area contributed by atoms with Crippen molar-refractivity contribution in [1.29, 1.82) is 0 Å². The van der Waals surface area contributed by atoms with E-state index in [9.17, 15) is 0 Å². The minimum absolute atomic E-state index is 0.862. The van der Waals surface area contributed by atoms with E-state index in [2.05, 4.69) is 34.1 Å². The molecule has 1 aromatic rings. The van der Waals surface area contributed by atoms with Crippen LogP contribution in [0.4, 0.5) is 0 Å². The largest absolute Gasteiger partial charge is 0.319 e. The molecule has 0 radical (unpaired) electrons. The maximum Gasteiger partial charge on any atom is 0.00222 e. The summed E-state index contributed by atoms with van der Waals surface area (Å²) >= 11 is 1.81. The molecule has 0 aromatic carbocycles. The van der Waals surface area contributed by atoms with Gasteiger partial charge in [0.15, 0.2) is 0 Å². The SMILES string of the molecule is CNCC1CCCN(CCc2ccsc2)C1. The molecule has 90 valence electrons. The van der Waals surface area contributed by atoms with Crippen LogP contribution in [0.15, 0.2) is 16.8 Å². The van der Waals surface area contributed by atoms with Crippen molar-refractivity contribution in [2.45, 2.75) is 19.3 Å². The first-order valence-corrected chi connectivity index (χ1v) is 7.21. The molecule has 1 saturated heterocycles. The summed E-state index contributed by atoms with van der Waals surface area (Å²) in [5.41, 5.74) is 1.50. The van der Waals surface area contributed by atoms with E-state index in [1.807, 2.05) is 0 Å². The van der Waals surface area contributed by atoms with Crippen molar-refractivity contribution in [3.8, 4) is 0 Å². The first-order valence-electron chi connectivity index (χ1n) is 6.26. The Bertz CT molecular complexity index is 282. The van der Waals surface area contributed by atoms with Gasteiger partial charge in [-0.1, -0.05) is 0 Å². The predicted octanol–water partition coefficient (Wildman–Crippen LogP) is 2.22. The van der Waals surface area contributed by atoms with Crippen LogP contribution in [0.1, 0.15) is 18.4 Å². The van der Waals surface area contributed by atoms with Crippen LogP contribution < -0.4 is 5.32 Å². The third kappa shape index (κ3) is 3.58. The van der Waals surface area contributed by atoms with Gasteiger partial charge in [-0.05, 0) is 67.7 Å². The predicted molar refractivity (Wildman–Crippen MR) is 71.1 cm³/mol. The minimum Gasteiger partial charge on any atom is -0.319 e. The highest BCUT2D eigenvalue weighted by Crippen LogP contribution is 2.16. The molecule has 1 N–H and O–H groups in total. The lowest BCUT2D eigenvalue weighted by molar-refractivity contribution is 0.176. The summed E-state index contributed by atoms with van der Waals surface area (Å²) in [5, 5.41) is 7.75. The van der Waals surface area contributed by atoms with Gasteiger partial charge in [0.1, 0.15) is 0 Å². The second-order valence-corrected chi connectivity index (χ2v) is 5.53. The lowest BCUT2D eigenvalue weighted by atomic mass is 9.98. The number of nitrogens with zero attached hydrogens (tertiary/aromatic N) is 1. The fourth-order valence-corrected chi connectivity index (χ4v) is 3.23. The average Bonchev–Trinajstić information content (AvgIpc) is 2.80. The molecule has 1 fully saturated rings. The molecule has 1 aliphatic rings. The van der Waals surface area contributed by atoms with Gasteiger partial charge in [-0.25, -0.2) is 0 Å². The van der Waals surface area contributed by atoms with Crippen LogP contribution in [0, 0.1) is 5.92 Å². The van der Waals surface area contributed by atoms with E-state index in [0.717, 1.165) is 5.92 Å². The van der Waals surface area contributed by atoms with E-state index in [-0.39, 0.29) is 0 Å². The molecular formula is C13H22N2S. The number of likely N-dealkylation sites (tertiary alicyclic amines) is 1. The van der Waals surface area contributed by atoms with Crippen LogP contribution in [-0.2, 0) is 6.42 Å². The van der Waals surface area contributed by atoms with E-state index in [1.54, 1.807) is 11.3 Å². The topological polar surface area (TPSA) is 15.3 Å². The molecule has 2 heterocycles. The number of piperidine rings is 1. The summed E-state index contributed by atoms with van der Waals surface area (Å²) in [5.74, 6) is 0.862. The Morgan fingerprint density at radius 3 is 3.25 bits per heavy atom. The van der Waals surface area contributed by atoms with Crippen molar-refractivity contribution in [2.24, 2.45) is 5.92 Å². The molecule has 0 bridgehead atoms. The van der Waals surface area contributed by atoms with Crippen LogP contribution >= 0.6 is 11.3 Å². The van der Waals surface area contributed by atoms with Crippen LogP contribution in [0.2, 0.25) is 0 Å². The lowest BCUT2D eigenvalue weighted by Gasteiger charge is -2.32. The Balaban J connectivity index is 1.72. The average molecular weight is 238 g/mol. The molecule has 1 aliphatic heterocycles. The summed E-state index contributed by atoms with van der Waals surface area (Å²) in [6.07, 6.45) is 3.99. The van der Waals surface area contributed by atoms with E-state index < -0.39 is 0 Å². The first kappa shape index (κ1) is 12.1. The van der Waals surface area contributed by atoms with Gasteiger partial charge in [0.2, 0.25) is 0 Å². The van der Waals surface area contributed by atoms with E-state index in [0.29, 0.717) is 0 Å². The Kier molecular flexibility index (Phi) is 4.82. The van der Waals surface area contributed by atoms with E-state index in [1.165, 1.54) is 51.0 Å². The highest BCUT2D eigenvalue weighted by molar-refractivity contribution is 7.07. The van der Waals surface area contributed by atoms with Crippen molar-refractivity contribution >= 4 is 11.3 Å². The Morgan fingerprint density at radius 1 is 1.56 bits per heavy atom. The molecule has 0 aliphatic carbocycles. The second-order valence-electron chi connectivity index (χ2n) is 4.75. The number of hydrogen-bond acceptors (Lipinski definition) is 3. The summed E-state index contributed by atoms with van der Waals surface area (Å²) in [7, 11) is 2.06. The van der Waals surface area contributed by atoms with Gasteiger partial charge in [-0.2, -0.15) is 11.3 Å². The summed E-state index contributed by atoms with van der Waals surface area (Å²) < 4.78 is 0. The number of nitrogens with one attached hydrogen (secondary N) is 1. The molecule has 0 spiro atoms. The second kappa shape index (κ2) is 6.38. The van der Waals surface area contributed by atoms with Gasteiger partial charge in [0.05, 0.1) is 0 Å². The molecule has 0 saturated carbocycles. The molecule has 3 heteroatoms. The zero-order chi connectivity index (χ0) is 11.2. The highest BCUT2D eigenvalue weighted by atomic mass is 32.1. The third-order valence-corrected chi connectivity index (χ3v) is 4.12. The number of hydrogen-bond donors (Lipinski definition) is 1. The van der Waals surface area contributed by atoms with Crippen molar-refractivity contribution in [3.63, 3.8) is 0 Å². The van der Waals surface area contributed by atoms with Gasteiger partial charge < -0.3 is 10.2 Å². The van der Waals surface area contributed by atoms with E-state index in [4.69, 9.17) is 0 Å². The van der Waals surface area contributed by atoms with Gasteiger partial charge in [-0.3, -0.25) is 0 Å². The maximum atomic E-state index is 3.30. The van der Waals surface area contributed by atoms with Crippen molar-refractivity contribution in [3.05, 3.63) is 22.4 Å². The van der Waals surface area contributed by atoms with Crippen molar-refractivity contribution in [1.82, 2.24) is 10.2 Å². The fourth-order valence-electron chi connectivity index (χ4n) is 2.53. The van der Waals surface area contributed by atoms with Crippen LogP contribution in [-0.4, -0.2) is 38.1 Å². The molecule has 16 heavy (non-hydrogen) atoms. The zero-order valence-electron chi connectivity index (χ0n) is 10.1.